The topological polar surface area (TPSA) is 73.5 Å². The second kappa shape index (κ2) is 8.00. The van der Waals surface area contributed by atoms with E-state index < -0.39 is 0 Å². The van der Waals surface area contributed by atoms with E-state index in [-0.39, 0.29) is 24.4 Å². The fraction of sp³-hybridized carbons (Fsp3) is 0.238. The molecule has 1 aromatic carbocycles. The number of thiocarbonyl (C=S) groups is 1. The van der Waals surface area contributed by atoms with Crippen molar-refractivity contribution in [2.75, 3.05) is 13.2 Å². The Morgan fingerprint density at radius 3 is 2.61 bits per heavy atom. The fourth-order valence-corrected chi connectivity index (χ4v) is 4.02. The zero-order valence-corrected chi connectivity index (χ0v) is 16.1. The van der Waals surface area contributed by atoms with Crippen LogP contribution < -0.4 is 5.32 Å². The molecular weight excluding hydrogens is 372 g/mol. The van der Waals surface area contributed by atoms with Crippen molar-refractivity contribution >= 4 is 17.3 Å². The van der Waals surface area contributed by atoms with E-state index in [2.05, 4.69) is 25.8 Å². The van der Waals surface area contributed by atoms with Gasteiger partial charge in [0, 0.05) is 36.9 Å². The number of nitrogens with one attached hydrogen (secondary N) is 1. The smallest absolute Gasteiger partial charge is 0.170 e. The molecule has 4 rings (SSSR count). The SMILES string of the molecule is OCCCN1C(=S)N[C@H](c2ccccn2)[C@@H]1c1cccn1-c1ccc(O)cc1. The number of aliphatic hydroxyl groups excluding tert-OH is 1. The first-order valence-corrected chi connectivity index (χ1v) is 9.65. The number of aromatic nitrogens is 2. The molecule has 1 fully saturated rings. The Morgan fingerprint density at radius 2 is 1.89 bits per heavy atom. The largest absolute Gasteiger partial charge is 0.508 e. The minimum atomic E-state index is -0.0989. The summed E-state index contributed by atoms with van der Waals surface area (Å²) in [5.74, 6) is 0.233. The third-order valence-corrected chi connectivity index (χ3v) is 5.32. The van der Waals surface area contributed by atoms with Crippen molar-refractivity contribution in [3.8, 4) is 11.4 Å². The van der Waals surface area contributed by atoms with Gasteiger partial charge in [0.05, 0.1) is 17.8 Å². The number of aromatic hydroxyl groups is 1. The van der Waals surface area contributed by atoms with Gasteiger partial charge in [-0.1, -0.05) is 6.07 Å². The molecule has 1 aliphatic rings. The molecule has 2 atom stereocenters. The summed E-state index contributed by atoms with van der Waals surface area (Å²) in [6, 6.07) is 16.9. The van der Waals surface area contributed by atoms with Crippen LogP contribution in [0.25, 0.3) is 5.69 Å². The summed E-state index contributed by atoms with van der Waals surface area (Å²) in [4.78, 5) is 6.67. The zero-order chi connectivity index (χ0) is 19.5. The maximum atomic E-state index is 9.62. The molecule has 0 unspecified atom stereocenters. The van der Waals surface area contributed by atoms with Crippen molar-refractivity contribution in [2.45, 2.75) is 18.5 Å². The Morgan fingerprint density at radius 1 is 1.07 bits per heavy atom. The molecule has 6 nitrogen and oxygen atoms in total. The third kappa shape index (κ3) is 3.46. The van der Waals surface area contributed by atoms with Crippen molar-refractivity contribution in [1.82, 2.24) is 19.8 Å². The summed E-state index contributed by atoms with van der Waals surface area (Å²) in [6.07, 6.45) is 4.42. The molecule has 0 saturated carbocycles. The fourth-order valence-electron chi connectivity index (χ4n) is 3.69. The van der Waals surface area contributed by atoms with Gasteiger partial charge < -0.3 is 25.0 Å². The van der Waals surface area contributed by atoms with Crippen LogP contribution in [0.5, 0.6) is 5.75 Å². The van der Waals surface area contributed by atoms with Gasteiger partial charge in [0.25, 0.3) is 0 Å². The van der Waals surface area contributed by atoms with Gasteiger partial charge in [-0.3, -0.25) is 4.98 Å². The average Bonchev–Trinajstić information content (AvgIpc) is 3.32. The van der Waals surface area contributed by atoms with Gasteiger partial charge >= 0.3 is 0 Å². The normalized spacial score (nSPS) is 19.0. The highest BCUT2D eigenvalue weighted by molar-refractivity contribution is 7.80. The Labute approximate surface area is 169 Å². The predicted molar refractivity (Wildman–Crippen MR) is 111 cm³/mol. The second-order valence-corrected chi connectivity index (χ2v) is 7.10. The van der Waals surface area contributed by atoms with Crippen LogP contribution in [0.1, 0.15) is 29.9 Å². The lowest BCUT2D eigenvalue weighted by molar-refractivity contribution is 0.245. The lowest BCUT2D eigenvalue weighted by Crippen LogP contribution is -2.31. The average molecular weight is 395 g/mol. The van der Waals surface area contributed by atoms with E-state index in [1.54, 1.807) is 18.3 Å². The number of phenols is 1. The van der Waals surface area contributed by atoms with E-state index >= 15 is 0 Å². The molecule has 0 radical (unpaired) electrons. The van der Waals surface area contributed by atoms with Gasteiger partial charge in [0.2, 0.25) is 0 Å². The molecule has 2 aromatic heterocycles. The molecule has 0 bridgehead atoms. The first kappa shape index (κ1) is 18.5. The van der Waals surface area contributed by atoms with Crippen molar-refractivity contribution in [1.29, 1.82) is 0 Å². The van der Waals surface area contributed by atoms with Crippen LogP contribution in [0.4, 0.5) is 0 Å². The Kier molecular flexibility index (Phi) is 5.27. The maximum absolute atomic E-state index is 9.62. The van der Waals surface area contributed by atoms with Crippen molar-refractivity contribution < 1.29 is 10.2 Å². The van der Waals surface area contributed by atoms with Gasteiger partial charge in [0.15, 0.2) is 5.11 Å². The third-order valence-electron chi connectivity index (χ3n) is 4.97. The van der Waals surface area contributed by atoms with E-state index in [1.807, 2.05) is 42.6 Å². The van der Waals surface area contributed by atoms with E-state index in [0.29, 0.717) is 18.1 Å². The molecule has 28 heavy (non-hydrogen) atoms. The number of hydrogen-bond donors (Lipinski definition) is 3. The molecule has 144 valence electrons. The van der Waals surface area contributed by atoms with Crippen LogP contribution in [-0.2, 0) is 0 Å². The molecule has 3 aromatic rings. The number of hydrogen-bond acceptors (Lipinski definition) is 4. The van der Waals surface area contributed by atoms with Gasteiger partial charge in [-0.15, -0.1) is 0 Å². The number of benzene rings is 1. The van der Waals surface area contributed by atoms with Crippen LogP contribution in [0, 0.1) is 0 Å². The molecule has 1 aliphatic heterocycles. The summed E-state index contributed by atoms with van der Waals surface area (Å²) in [6.45, 7) is 0.760. The van der Waals surface area contributed by atoms with Crippen LogP contribution in [0.2, 0.25) is 0 Å². The highest BCUT2D eigenvalue weighted by Gasteiger charge is 2.40. The van der Waals surface area contributed by atoms with E-state index in [1.165, 1.54) is 0 Å². The molecule has 0 amide bonds. The summed E-state index contributed by atoms with van der Waals surface area (Å²) < 4.78 is 2.10. The van der Waals surface area contributed by atoms with E-state index in [0.717, 1.165) is 17.1 Å². The molecule has 3 N–H and O–H groups in total. The van der Waals surface area contributed by atoms with E-state index in [9.17, 15) is 10.2 Å². The lowest BCUT2D eigenvalue weighted by atomic mass is 10.0. The molecular formula is C21H22N4O2S. The number of rotatable bonds is 6. The van der Waals surface area contributed by atoms with Gasteiger partial charge in [-0.2, -0.15) is 0 Å². The minimum absolute atomic E-state index is 0.0715. The van der Waals surface area contributed by atoms with Gasteiger partial charge in [-0.25, -0.2) is 0 Å². The summed E-state index contributed by atoms with van der Waals surface area (Å²) in [7, 11) is 0. The number of aliphatic hydroxyl groups is 1. The molecule has 0 spiro atoms. The van der Waals surface area contributed by atoms with Crippen LogP contribution in [0.15, 0.2) is 67.0 Å². The van der Waals surface area contributed by atoms with Crippen LogP contribution in [0.3, 0.4) is 0 Å². The van der Waals surface area contributed by atoms with E-state index in [4.69, 9.17) is 12.2 Å². The summed E-state index contributed by atoms with van der Waals surface area (Å²) >= 11 is 5.62. The molecule has 7 heteroatoms. The monoisotopic (exact) mass is 394 g/mol. The quantitative estimate of drug-likeness (QED) is 0.559. The molecule has 3 heterocycles. The van der Waals surface area contributed by atoms with Crippen molar-refractivity contribution in [2.24, 2.45) is 0 Å². The lowest BCUT2D eigenvalue weighted by Gasteiger charge is -2.28. The second-order valence-electron chi connectivity index (χ2n) is 6.72. The summed E-state index contributed by atoms with van der Waals surface area (Å²) in [5.41, 5.74) is 2.93. The predicted octanol–water partition coefficient (Wildman–Crippen LogP) is 2.93. The summed E-state index contributed by atoms with van der Waals surface area (Å²) in [5, 5.41) is 23.0. The Bertz CT molecular complexity index is 943. The van der Waals surface area contributed by atoms with Crippen LogP contribution >= 0.6 is 12.2 Å². The number of pyridine rings is 1. The highest BCUT2D eigenvalue weighted by Crippen LogP contribution is 2.39. The first-order valence-electron chi connectivity index (χ1n) is 9.24. The Hall–Kier alpha value is -2.90. The first-order chi connectivity index (χ1) is 13.7. The maximum Gasteiger partial charge on any atom is 0.170 e. The molecule has 0 aliphatic carbocycles. The highest BCUT2D eigenvalue weighted by atomic mass is 32.1. The minimum Gasteiger partial charge on any atom is -0.508 e. The van der Waals surface area contributed by atoms with Gasteiger partial charge in [-0.05, 0) is 67.2 Å². The van der Waals surface area contributed by atoms with Crippen molar-refractivity contribution in [3.63, 3.8) is 0 Å². The number of phenolic OH excluding ortho intramolecular Hbond substituents is 1. The number of nitrogens with zero attached hydrogens (tertiary/aromatic N) is 3. The Balaban J connectivity index is 1.78. The van der Waals surface area contributed by atoms with Crippen LogP contribution in [-0.4, -0.2) is 42.9 Å². The van der Waals surface area contributed by atoms with Crippen molar-refractivity contribution in [3.05, 3.63) is 78.4 Å². The zero-order valence-electron chi connectivity index (χ0n) is 15.3. The molecule has 1 saturated heterocycles. The van der Waals surface area contributed by atoms with Gasteiger partial charge in [0.1, 0.15) is 5.75 Å². The standard InChI is InChI=1S/C21H22N4O2S/c26-14-4-13-25-20(19(23-21(25)28)17-5-1-2-11-22-17)18-6-3-12-24(18)15-7-9-16(27)10-8-15/h1-3,5-12,19-20,26-27H,4,13-14H2,(H,23,28)/t19-,20+/m1/s1.